The minimum absolute atomic E-state index is 0.0785. The second-order valence-electron chi connectivity index (χ2n) is 4.88. The highest BCUT2D eigenvalue weighted by molar-refractivity contribution is 5.53. The van der Waals surface area contributed by atoms with Gasteiger partial charge in [-0.15, -0.1) is 0 Å². The van der Waals surface area contributed by atoms with Gasteiger partial charge < -0.3 is 5.32 Å². The Hall–Kier alpha value is -3.03. The van der Waals surface area contributed by atoms with Gasteiger partial charge in [-0.1, -0.05) is 6.07 Å². The Morgan fingerprint density at radius 2 is 1.75 bits per heavy atom. The van der Waals surface area contributed by atoms with Crippen LogP contribution in [-0.4, -0.2) is 19.9 Å². The maximum absolute atomic E-state index is 13.1. The summed E-state index contributed by atoms with van der Waals surface area (Å²) in [5.41, 5.74) is 0.127. The maximum atomic E-state index is 13.1. The minimum Gasteiger partial charge on any atom is -0.366 e. The third-order valence-corrected chi connectivity index (χ3v) is 3.13. The summed E-state index contributed by atoms with van der Waals surface area (Å²) in [6, 6.07) is 9.29. The van der Waals surface area contributed by atoms with Crippen molar-refractivity contribution >= 4 is 5.82 Å². The first-order valence-electron chi connectivity index (χ1n) is 7.03. The molecule has 3 aromatic heterocycles. The molecule has 0 bridgehead atoms. The average molecular weight is 331 g/mol. The number of hydrogen-bond acceptors (Lipinski definition) is 5. The van der Waals surface area contributed by atoms with Crippen LogP contribution in [0.25, 0.3) is 11.5 Å². The fourth-order valence-electron chi connectivity index (χ4n) is 1.99. The van der Waals surface area contributed by atoms with Gasteiger partial charge in [-0.2, -0.15) is 13.2 Å². The van der Waals surface area contributed by atoms with Crippen molar-refractivity contribution in [2.75, 3.05) is 5.32 Å². The first-order valence-corrected chi connectivity index (χ1v) is 7.03. The van der Waals surface area contributed by atoms with E-state index in [2.05, 4.69) is 25.3 Å². The molecule has 0 aromatic carbocycles. The first kappa shape index (κ1) is 15.9. The number of alkyl halides is 3. The Labute approximate surface area is 135 Å². The van der Waals surface area contributed by atoms with Crippen LogP contribution in [0.4, 0.5) is 19.0 Å². The molecule has 1 N–H and O–H groups in total. The molecule has 0 fully saturated rings. The molecule has 5 nitrogen and oxygen atoms in total. The molecule has 3 heterocycles. The standard InChI is InChI=1S/C16H12F3N5/c17-16(18,19)13-9-14(22-10-11-4-7-20-8-5-11)24-15(23-13)12-3-1-2-6-21-12/h1-9H,10H2,(H,22,23,24). The van der Waals surface area contributed by atoms with Crippen LogP contribution in [0.1, 0.15) is 11.3 Å². The summed E-state index contributed by atoms with van der Waals surface area (Å²) in [5, 5.41) is 2.88. The lowest BCUT2D eigenvalue weighted by Gasteiger charge is -2.11. The van der Waals surface area contributed by atoms with Crippen molar-refractivity contribution in [3.63, 3.8) is 0 Å². The third-order valence-electron chi connectivity index (χ3n) is 3.13. The summed E-state index contributed by atoms with van der Waals surface area (Å²) >= 11 is 0. The zero-order valence-corrected chi connectivity index (χ0v) is 12.3. The number of nitrogens with zero attached hydrogens (tertiary/aromatic N) is 4. The molecule has 0 saturated carbocycles. The molecule has 0 atom stereocenters. The molecule has 0 spiro atoms. The zero-order valence-electron chi connectivity index (χ0n) is 12.3. The second kappa shape index (κ2) is 6.61. The van der Waals surface area contributed by atoms with Crippen molar-refractivity contribution in [3.05, 3.63) is 66.2 Å². The second-order valence-corrected chi connectivity index (χ2v) is 4.88. The normalized spacial score (nSPS) is 11.3. The summed E-state index contributed by atoms with van der Waals surface area (Å²) in [6.45, 7) is 0.318. The van der Waals surface area contributed by atoms with E-state index in [1.165, 1.54) is 6.20 Å². The summed E-state index contributed by atoms with van der Waals surface area (Å²) in [6.07, 6.45) is 0.123. The Morgan fingerprint density at radius 1 is 0.958 bits per heavy atom. The molecule has 24 heavy (non-hydrogen) atoms. The largest absolute Gasteiger partial charge is 0.433 e. The SMILES string of the molecule is FC(F)(F)c1cc(NCc2ccncc2)nc(-c2ccccn2)n1. The summed E-state index contributed by atoms with van der Waals surface area (Å²) in [7, 11) is 0. The maximum Gasteiger partial charge on any atom is 0.433 e. The molecule has 3 aromatic rings. The fraction of sp³-hybridized carbons (Fsp3) is 0.125. The van der Waals surface area contributed by atoms with Gasteiger partial charge in [0.25, 0.3) is 0 Å². The smallest absolute Gasteiger partial charge is 0.366 e. The fourth-order valence-corrected chi connectivity index (χ4v) is 1.99. The van der Waals surface area contributed by atoms with Gasteiger partial charge in [0.2, 0.25) is 0 Å². The Bertz CT molecular complexity index is 807. The highest BCUT2D eigenvalue weighted by Gasteiger charge is 2.34. The van der Waals surface area contributed by atoms with Crippen molar-refractivity contribution in [1.29, 1.82) is 0 Å². The minimum atomic E-state index is -4.57. The molecule has 0 saturated heterocycles. The van der Waals surface area contributed by atoms with Crippen molar-refractivity contribution in [2.24, 2.45) is 0 Å². The topological polar surface area (TPSA) is 63.6 Å². The molecular formula is C16H12F3N5. The molecule has 0 unspecified atom stereocenters. The van der Waals surface area contributed by atoms with Gasteiger partial charge in [0.05, 0.1) is 0 Å². The Morgan fingerprint density at radius 3 is 2.42 bits per heavy atom. The van der Waals surface area contributed by atoms with Crippen molar-refractivity contribution < 1.29 is 13.2 Å². The number of hydrogen-bond donors (Lipinski definition) is 1. The lowest BCUT2D eigenvalue weighted by molar-refractivity contribution is -0.141. The number of nitrogens with one attached hydrogen (secondary N) is 1. The van der Waals surface area contributed by atoms with Crippen LogP contribution in [0.15, 0.2) is 55.0 Å². The van der Waals surface area contributed by atoms with Crippen LogP contribution in [0.2, 0.25) is 0 Å². The number of halogens is 3. The third kappa shape index (κ3) is 3.83. The molecule has 0 aliphatic heterocycles. The van der Waals surface area contributed by atoms with Crippen molar-refractivity contribution in [1.82, 2.24) is 19.9 Å². The molecule has 122 valence electrons. The van der Waals surface area contributed by atoms with Gasteiger partial charge in [0, 0.05) is 31.2 Å². The number of rotatable bonds is 4. The Kier molecular flexibility index (Phi) is 4.37. The van der Waals surface area contributed by atoms with E-state index in [1.807, 2.05) is 0 Å². The van der Waals surface area contributed by atoms with Gasteiger partial charge in [-0.05, 0) is 29.8 Å². The van der Waals surface area contributed by atoms with E-state index in [4.69, 9.17) is 0 Å². The van der Waals surface area contributed by atoms with Gasteiger partial charge >= 0.3 is 6.18 Å². The van der Waals surface area contributed by atoms with E-state index in [0.29, 0.717) is 6.54 Å². The number of anilines is 1. The van der Waals surface area contributed by atoms with E-state index in [9.17, 15) is 13.2 Å². The average Bonchev–Trinajstić information content (AvgIpc) is 2.61. The Balaban J connectivity index is 1.93. The van der Waals surface area contributed by atoms with E-state index in [1.54, 1.807) is 42.7 Å². The highest BCUT2D eigenvalue weighted by Crippen LogP contribution is 2.30. The van der Waals surface area contributed by atoms with Crippen molar-refractivity contribution in [3.8, 4) is 11.5 Å². The molecule has 0 amide bonds. The van der Waals surface area contributed by atoms with Gasteiger partial charge in [-0.25, -0.2) is 9.97 Å². The lowest BCUT2D eigenvalue weighted by atomic mass is 10.2. The summed E-state index contributed by atoms with van der Waals surface area (Å²) < 4.78 is 39.2. The number of aromatic nitrogens is 4. The van der Waals surface area contributed by atoms with Crippen LogP contribution in [0.3, 0.4) is 0 Å². The van der Waals surface area contributed by atoms with E-state index in [0.717, 1.165) is 11.6 Å². The first-order chi connectivity index (χ1) is 11.5. The molecule has 3 rings (SSSR count). The molecule has 0 radical (unpaired) electrons. The van der Waals surface area contributed by atoms with E-state index < -0.39 is 11.9 Å². The van der Waals surface area contributed by atoms with Crippen LogP contribution < -0.4 is 5.32 Å². The predicted molar refractivity (Wildman–Crippen MR) is 81.8 cm³/mol. The quantitative estimate of drug-likeness (QED) is 0.792. The van der Waals surface area contributed by atoms with Crippen LogP contribution in [0, 0.1) is 0 Å². The van der Waals surface area contributed by atoms with Crippen LogP contribution in [0.5, 0.6) is 0 Å². The van der Waals surface area contributed by atoms with Gasteiger partial charge in [0.1, 0.15) is 11.5 Å². The van der Waals surface area contributed by atoms with Crippen molar-refractivity contribution in [2.45, 2.75) is 12.7 Å². The van der Waals surface area contributed by atoms with E-state index in [-0.39, 0.29) is 17.3 Å². The van der Waals surface area contributed by atoms with Crippen LogP contribution >= 0.6 is 0 Å². The van der Waals surface area contributed by atoms with E-state index >= 15 is 0 Å². The van der Waals surface area contributed by atoms with Crippen LogP contribution in [-0.2, 0) is 12.7 Å². The monoisotopic (exact) mass is 331 g/mol. The van der Waals surface area contributed by atoms with Gasteiger partial charge in [0.15, 0.2) is 11.5 Å². The van der Waals surface area contributed by atoms with Gasteiger partial charge in [-0.3, -0.25) is 9.97 Å². The number of pyridine rings is 2. The molecule has 8 heteroatoms. The molecular weight excluding hydrogens is 319 g/mol. The molecule has 0 aliphatic rings. The predicted octanol–water partition coefficient (Wildman–Crippen LogP) is 3.56. The summed E-state index contributed by atoms with van der Waals surface area (Å²) in [5.74, 6) is -0.00237. The zero-order chi connectivity index (χ0) is 17.0. The summed E-state index contributed by atoms with van der Waals surface area (Å²) in [4.78, 5) is 15.6. The lowest BCUT2D eigenvalue weighted by Crippen LogP contribution is -2.12. The molecule has 0 aliphatic carbocycles. The highest BCUT2D eigenvalue weighted by atomic mass is 19.4.